The van der Waals surface area contributed by atoms with Crippen LogP contribution in [-0.4, -0.2) is 43.2 Å². The number of nitrogens with zero attached hydrogens (tertiary/aromatic N) is 1. The molecule has 1 aliphatic heterocycles. The largest absolute Gasteiger partial charge is 0.481 e. The van der Waals surface area contributed by atoms with Crippen LogP contribution in [0.2, 0.25) is 0 Å². The molecule has 1 aromatic carbocycles. The zero-order chi connectivity index (χ0) is 18.1. The van der Waals surface area contributed by atoms with E-state index in [1.54, 1.807) is 24.3 Å². The minimum Gasteiger partial charge on any atom is -0.481 e. The van der Waals surface area contributed by atoms with E-state index in [0.29, 0.717) is 37.1 Å². The molecule has 0 aromatic heterocycles. The smallest absolute Gasteiger partial charge is 0.305 e. The van der Waals surface area contributed by atoms with Crippen LogP contribution >= 0.6 is 0 Å². The molecule has 25 heavy (non-hydrogen) atoms. The lowest BCUT2D eigenvalue weighted by Gasteiger charge is -2.29. The molecule has 0 radical (unpaired) electrons. The summed E-state index contributed by atoms with van der Waals surface area (Å²) < 4.78 is 25.4. The highest BCUT2D eigenvalue weighted by molar-refractivity contribution is 7.93. The van der Waals surface area contributed by atoms with Crippen molar-refractivity contribution in [2.24, 2.45) is 0 Å². The number of rotatable bonds is 5. The Morgan fingerprint density at radius 1 is 1.20 bits per heavy atom. The van der Waals surface area contributed by atoms with E-state index in [0.717, 1.165) is 12.8 Å². The number of benzene rings is 1. The molecule has 1 aliphatic carbocycles. The molecule has 3 rings (SSSR count). The van der Waals surface area contributed by atoms with Crippen LogP contribution < -0.4 is 9.62 Å². The summed E-state index contributed by atoms with van der Waals surface area (Å²) in [4.78, 5) is 23.8. The Labute approximate surface area is 147 Å². The van der Waals surface area contributed by atoms with Crippen molar-refractivity contribution in [1.82, 2.24) is 5.32 Å². The molecule has 1 amide bonds. The van der Waals surface area contributed by atoms with Crippen LogP contribution in [0.1, 0.15) is 48.9 Å². The van der Waals surface area contributed by atoms with Crippen LogP contribution in [0.5, 0.6) is 0 Å². The summed E-state index contributed by atoms with van der Waals surface area (Å²) in [5.41, 5.74) is 0.110. The Hall–Kier alpha value is -2.09. The summed E-state index contributed by atoms with van der Waals surface area (Å²) in [5.74, 6) is -1.17. The van der Waals surface area contributed by atoms with E-state index in [-0.39, 0.29) is 18.1 Å². The number of carbonyl (C=O) groups is 2. The minimum absolute atomic E-state index is 0.0983. The molecule has 1 heterocycles. The average Bonchev–Trinajstić information content (AvgIpc) is 3.13. The van der Waals surface area contributed by atoms with Gasteiger partial charge in [0.25, 0.3) is 5.91 Å². The van der Waals surface area contributed by atoms with Crippen molar-refractivity contribution < 1.29 is 23.1 Å². The van der Waals surface area contributed by atoms with Crippen LogP contribution in [0, 0.1) is 0 Å². The number of carbonyl (C=O) groups excluding carboxylic acids is 1. The monoisotopic (exact) mass is 366 g/mol. The molecule has 8 heteroatoms. The van der Waals surface area contributed by atoms with Gasteiger partial charge in [-0.1, -0.05) is 18.9 Å². The Morgan fingerprint density at radius 3 is 2.52 bits per heavy atom. The van der Waals surface area contributed by atoms with Crippen LogP contribution in [0.4, 0.5) is 5.69 Å². The second kappa shape index (κ2) is 6.67. The highest BCUT2D eigenvalue weighted by Gasteiger charge is 2.37. The molecule has 0 unspecified atom stereocenters. The predicted molar refractivity (Wildman–Crippen MR) is 93.1 cm³/mol. The van der Waals surface area contributed by atoms with Crippen LogP contribution in [0.25, 0.3) is 0 Å². The first-order valence-corrected chi connectivity index (χ1v) is 10.1. The molecule has 136 valence electrons. The fraction of sp³-hybridized carbons (Fsp3) is 0.529. The SMILES string of the molecule is O=C(O)CC1(NC(=O)c2cccc(N3CCCS3(=O)=O)c2)CCCC1. The van der Waals surface area contributed by atoms with E-state index < -0.39 is 21.5 Å². The lowest BCUT2D eigenvalue weighted by Crippen LogP contribution is -2.47. The molecule has 2 N–H and O–H groups in total. The number of hydrogen-bond donors (Lipinski definition) is 2. The number of aliphatic carboxylic acids is 1. The highest BCUT2D eigenvalue weighted by Crippen LogP contribution is 2.33. The Bertz CT molecular complexity index is 784. The van der Waals surface area contributed by atoms with Crippen LogP contribution in [0.3, 0.4) is 0 Å². The second-order valence-electron chi connectivity index (χ2n) is 6.80. The van der Waals surface area contributed by atoms with Gasteiger partial charge in [0.2, 0.25) is 10.0 Å². The van der Waals surface area contributed by atoms with Crippen molar-refractivity contribution in [2.75, 3.05) is 16.6 Å². The van der Waals surface area contributed by atoms with Gasteiger partial charge in [-0.3, -0.25) is 13.9 Å². The van der Waals surface area contributed by atoms with Crippen molar-refractivity contribution in [3.63, 3.8) is 0 Å². The van der Waals surface area contributed by atoms with Crippen LogP contribution in [0.15, 0.2) is 24.3 Å². The van der Waals surface area contributed by atoms with Gasteiger partial charge in [0.15, 0.2) is 0 Å². The number of sulfonamides is 1. The van der Waals surface area contributed by atoms with E-state index in [4.69, 9.17) is 5.11 Å². The van der Waals surface area contributed by atoms with Crippen LogP contribution in [-0.2, 0) is 14.8 Å². The third-order valence-electron chi connectivity index (χ3n) is 4.92. The summed E-state index contributed by atoms with van der Waals surface area (Å²) in [5, 5.41) is 12.0. The van der Waals surface area contributed by atoms with Crippen molar-refractivity contribution in [2.45, 2.75) is 44.1 Å². The third kappa shape index (κ3) is 3.78. The molecule has 2 aliphatic rings. The second-order valence-corrected chi connectivity index (χ2v) is 8.82. The Morgan fingerprint density at radius 2 is 1.92 bits per heavy atom. The Kier molecular flexibility index (Phi) is 4.73. The molecule has 0 bridgehead atoms. The summed E-state index contributed by atoms with van der Waals surface area (Å²) in [7, 11) is -3.31. The lowest BCUT2D eigenvalue weighted by atomic mass is 9.92. The number of nitrogens with one attached hydrogen (secondary N) is 1. The zero-order valence-electron chi connectivity index (χ0n) is 13.9. The predicted octanol–water partition coefficient (Wildman–Crippen LogP) is 1.74. The third-order valence-corrected chi connectivity index (χ3v) is 6.79. The molecule has 0 atom stereocenters. The maximum atomic E-state index is 12.6. The van der Waals surface area contributed by atoms with Gasteiger partial charge >= 0.3 is 5.97 Å². The van der Waals surface area contributed by atoms with Gasteiger partial charge in [-0.15, -0.1) is 0 Å². The molecular weight excluding hydrogens is 344 g/mol. The van der Waals surface area contributed by atoms with Crippen molar-refractivity contribution in [3.05, 3.63) is 29.8 Å². The van der Waals surface area contributed by atoms with Crippen molar-refractivity contribution >= 4 is 27.6 Å². The average molecular weight is 366 g/mol. The summed E-state index contributed by atoms with van der Waals surface area (Å²) in [6, 6.07) is 6.49. The van der Waals surface area contributed by atoms with Gasteiger partial charge in [0.1, 0.15) is 0 Å². The first-order chi connectivity index (χ1) is 11.8. The molecule has 1 aromatic rings. The molecule has 1 saturated heterocycles. The normalized spacial score (nSPS) is 21.2. The maximum Gasteiger partial charge on any atom is 0.305 e. The summed E-state index contributed by atoms with van der Waals surface area (Å²) in [6.07, 6.45) is 3.54. The lowest BCUT2D eigenvalue weighted by molar-refractivity contribution is -0.138. The van der Waals surface area contributed by atoms with Gasteiger partial charge in [-0.25, -0.2) is 8.42 Å². The number of amides is 1. The number of hydrogen-bond acceptors (Lipinski definition) is 4. The Balaban J connectivity index is 1.81. The van der Waals surface area contributed by atoms with Gasteiger partial charge in [-0.05, 0) is 37.5 Å². The first kappa shape index (κ1) is 17.7. The van der Waals surface area contributed by atoms with Gasteiger partial charge in [0.05, 0.1) is 23.4 Å². The molecule has 2 fully saturated rings. The van der Waals surface area contributed by atoms with E-state index in [9.17, 15) is 18.0 Å². The van der Waals surface area contributed by atoms with Gasteiger partial charge in [0, 0.05) is 12.1 Å². The highest BCUT2D eigenvalue weighted by atomic mass is 32.2. The molecule has 1 saturated carbocycles. The van der Waals surface area contributed by atoms with E-state index in [1.165, 1.54) is 4.31 Å². The van der Waals surface area contributed by atoms with E-state index in [2.05, 4.69) is 5.32 Å². The quantitative estimate of drug-likeness (QED) is 0.826. The molecule has 7 nitrogen and oxygen atoms in total. The summed E-state index contributed by atoms with van der Waals surface area (Å²) in [6.45, 7) is 0.413. The molecule has 0 spiro atoms. The zero-order valence-corrected chi connectivity index (χ0v) is 14.7. The standard InChI is InChI=1S/C17H22N2O5S/c20-15(21)12-17(7-1-2-8-17)18-16(22)13-5-3-6-14(11-13)19-9-4-10-25(19,23)24/h3,5-6,11H,1-2,4,7-10,12H2,(H,18,22)(H,20,21). The van der Waals surface area contributed by atoms with Crippen molar-refractivity contribution in [3.8, 4) is 0 Å². The fourth-order valence-corrected chi connectivity index (χ4v) is 5.29. The first-order valence-electron chi connectivity index (χ1n) is 8.46. The maximum absolute atomic E-state index is 12.6. The topological polar surface area (TPSA) is 104 Å². The summed E-state index contributed by atoms with van der Waals surface area (Å²) >= 11 is 0. The molecular formula is C17H22N2O5S. The fourth-order valence-electron chi connectivity index (χ4n) is 3.73. The number of anilines is 1. The van der Waals surface area contributed by atoms with E-state index in [1.807, 2.05) is 0 Å². The number of carboxylic acid groups (broad SMARTS) is 1. The van der Waals surface area contributed by atoms with E-state index >= 15 is 0 Å². The van der Waals surface area contributed by atoms with Gasteiger partial charge < -0.3 is 10.4 Å². The van der Waals surface area contributed by atoms with Crippen molar-refractivity contribution in [1.29, 1.82) is 0 Å². The minimum atomic E-state index is -3.31. The van der Waals surface area contributed by atoms with Gasteiger partial charge in [-0.2, -0.15) is 0 Å². The number of carboxylic acids is 1.